The van der Waals surface area contributed by atoms with Crippen LogP contribution in [-0.2, 0) is 19.5 Å². The molecule has 0 radical (unpaired) electrons. The van der Waals surface area contributed by atoms with Gasteiger partial charge in [0.05, 0.1) is 6.54 Å². The molecule has 26 heavy (non-hydrogen) atoms. The van der Waals surface area contributed by atoms with E-state index in [0.29, 0.717) is 38.6 Å². The number of nitrogens with zero attached hydrogens (tertiary/aromatic N) is 5. The number of guanidine groups is 1. The summed E-state index contributed by atoms with van der Waals surface area (Å²) in [7, 11) is 0. The summed E-state index contributed by atoms with van der Waals surface area (Å²) in [6, 6.07) is -0.0377. The second-order valence-electron chi connectivity index (χ2n) is 6.46. The van der Waals surface area contributed by atoms with Crippen LogP contribution in [0.2, 0.25) is 0 Å². The van der Waals surface area contributed by atoms with E-state index in [1.165, 1.54) is 4.90 Å². The van der Waals surface area contributed by atoms with E-state index < -0.39 is 12.7 Å². The van der Waals surface area contributed by atoms with Crippen molar-refractivity contribution in [3.8, 4) is 0 Å². The molecular weight excluding hydrogens is 462 g/mol. The maximum Gasteiger partial charge on any atom is 0.401 e. The van der Waals surface area contributed by atoms with E-state index in [-0.39, 0.29) is 30.0 Å². The Kier molecular flexibility index (Phi) is 7.50. The lowest BCUT2D eigenvalue weighted by Crippen LogP contribution is -2.45. The van der Waals surface area contributed by atoms with Gasteiger partial charge in [-0.15, -0.1) is 34.2 Å². The number of hydrogen-bond acceptors (Lipinski definition) is 4. The molecular formula is C15H25F3IN7. The van der Waals surface area contributed by atoms with Gasteiger partial charge in [0.1, 0.15) is 12.4 Å². The van der Waals surface area contributed by atoms with Crippen LogP contribution in [0.1, 0.15) is 31.4 Å². The van der Waals surface area contributed by atoms with Crippen molar-refractivity contribution in [2.24, 2.45) is 4.99 Å². The predicted molar refractivity (Wildman–Crippen MR) is 103 cm³/mol. The molecule has 0 amide bonds. The van der Waals surface area contributed by atoms with E-state index >= 15 is 0 Å². The Hall–Kier alpha value is -1.11. The van der Waals surface area contributed by atoms with E-state index in [1.807, 2.05) is 6.92 Å². The third-order valence-electron chi connectivity index (χ3n) is 4.43. The van der Waals surface area contributed by atoms with Crippen LogP contribution in [0.15, 0.2) is 4.99 Å². The van der Waals surface area contributed by atoms with Crippen molar-refractivity contribution in [2.75, 3.05) is 26.2 Å². The van der Waals surface area contributed by atoms with Gasteiger partial charge in [0.15, 0.2) is 11.8 Å². The van der Waals surface area contributed by atoms with E-state index in [0.717, 1.165) is 31.0 Å². The molecule has 3 rings (SSSR count). The summed E-state index contributed by atoms with van der Waals surface area (Å²) >= 11 is 0. The van der Waals surface area contributed by atoms with Crippen molar-refractivity contribution >= 4 is 29.9 Å². The highest BCUT2D eigenvalue weighted by molar-refractivity contribution is 14.0. The summed E-state index contributed by atoms with van der Waals surface area (Å²) in [6.07, 6.45) is -1.45. The topological polar surface area (TPSA) is 70.4 Å². The van der Waals surface area contributed by atoms with Crippen LogP contribution in [0.5, 0.6) is 0 Å². The molecule has 2 aliphatic rings. The van der Waals surface area contributed by atoms with Crippen LogP contribution >= 0.6 is 24.0 Å². The fourth-order valence-electron chi connectivity index (χ4n) is 3.34. The number of fused-ring (bicyclic) bond motifs is 1. The highest BCUT2D eigenvalue weighted by Crippen LogP contribution is 2.20. The van der Waals surface area contributed by atoms with Gasteiger partial charge in [-0.1, -0.05) is 0 Å². The summed E-state index contributed by atoms with van der Waals surface area (Å²) in [5.41, 5.74) is 0. The Morgan fingerprint density at radius 3 is 2.85 bits per heavy atom. The van der Waals surface area contributed by atoms with E-state index in [1.54, 1.807) is 0 Å². The standard InChI is InChI=1S/C15H24F3N7.HI/c1-2-19-14(20-8-13-23-22-12-4-3-6-25(12)13)21-11-5-7-24(9-11)10-15(16,17)18;/h11H,2-10H2,1H3,(H2,19,20,21);1H. The molecule has 1 aromatic heterocycles. The van der Waals surface area contributed by atoms with Gasteiger partial charge < -0.3 is 15.2 Å². The highest BCUT2D eigenvalue weighted by Gasteiger charge is 2.34. The zero-order valence-electron chi connectivity index (χ0n) is 14.7. The first-order valence-corrected chi connectivity index (χ1v) is 8.69. The minimum Gasteiger partial charge on any atom is -0.357 e. The maximum atomic E-state index is 12.5. The Balaban J connectivity index is 0.00000243. The molecule has 0 spiro atoms. The number of hydrogen-bond donors (Lipinski definition) is 2. The molecule has 3 heterocycles. The molecule has 0 bridgehead atoms. The molecule has 7 nitrogen and oxygen atoms in total. The van der Waals surface area contributed by atoms with Crippen LogP contribution in [0.3, 0.4) is 0 Å². The molecule has 1 atom stereocenters. The molecule has 148 valence electrons. The van der Waals surface area contributed by atoms with Gasteiger partial charge in [0, 0.05) is 38.6 Å². The van der Waals surface area contributed by atoms with Crippen molar-refractivity contribution in [3.63, 3.8) is 0 Å². The third kappa shape index (κ3) is 5.69. The number of aryl methyl sites for hydroxylation is 1. The Morgan fingerprint density at radius 1 is 1.31 bits per heavy atom. The summed E-state index contributed by atoms with van der Waals surface area (Å²) in [5.74, 6) is 2.44. The zero-order chi connectivity index (χ0) is 17.9. The first-order valence-electron chi connectivity index (χ1n) is 8.69. The number of alkyl halides is 3. The van der Waals surface area contributed by atoms with Gasteiger partial charge in [-0.25, -0.2) is 4.99 Å². The molecule has 0 aromatic carbocycles. The molecule has 1 saturated heterocycles. The van der Waals surface area contributed by atoms with Crippen molar-refractivity contribution in [3.05, 3.63) is 11.6 Å². The first-order chi connectivity index (χ1) is 11.9. The number of halogens is 4. The summed E-state index contributed by atoms with van der Waals surface area (Å²) in [5, 5.41) is 14.7. The number of aliphatic imine (C=N–C) groups is 1. The van der Waals surface area contributed by atoms with Crippen molar-refractivity contribution in [1.29, 1.82) is 0 Å². The predicted octanol–water partition coefficient (Wildman–Crippen LogP) is 1.53. The Morgan fingerprint density at radius 2 is 2.12 bits per heavy atom. The van der Waals surface area contributed by atoms with Crippen LogP contribution < -0.4 is 10.6 Å². The fraction of sp³-hybridized carbons (Fsp3) is 0.800. The van der Waals surface area contributed by atoms with Gasteiger partial charge in [-0.2, -0.15) is 13.2 Å². The molecule has 11 heteroatoms. The number of nitrogens with one attached hydrogen (secondary N) is 2. The highest BCUT2D eigenvalue weighted by atomic mass is 127. The normalized spacial score (nSPS) is 20.8. The molecule has 0 aliphatic carbocycles. The van der Waals surface area contributed by atoms with Gasteiger partial charge in [-0.3, -0.25) is 4.90 Å². The van der Waals surface area contributed by atoms with Crippen LogP contribution in [0, 0.1) is 0 Å². The lowest BCUT2D eigenvalue weighted by Gasteiger charge is -2.19. The van der Waals surface area contributed by atoms with E-state index in [9.17, 15) is 13.2 Å². The number of rotatable bonds is 5. The fourth-order valence-corrected chi connectivity index (χ4v) is 3.34. The lowest BCUT2D eigenvalue weighted by atomic mass is 10.3. The molecule has 2 aliphatic heterocycles. The van der Waals surface area contributed by atoms with Crippen molar-refractivity contribution in [2.45, 2.75) is 51.5 Å². The number of likely N-dealkylation sites (tertiary alicyclic amines) is 1. The molecule has 1 aromatic rings. The number of aromatic nitrogens is 3. The summed E-state index contributed by atoms with van der Waals surface area (Å²) < 4.78 is 39.6. The van der Waals surface area contributed by atoms with E-state index in [2.05, 4.69) is 30.4 Å². The van der Waals surface area contributed by atoms with Gasteiger partial charge in [-0.05, 0) is 19.8 Å². The average molecular weight is 487 g/mol. The smallest absolute Gasteiger partial charge is 0.357 e. The Bertz CT molecular complexity index is 617. The zero-order valence-corrected chi connectivity index (χ0v) is 17.0. The second-order valence-corrected chi connectivity index (χ2v) is 6.46. The Labute approximate surface area is 167 Å². The quantitative estimate of drug-likeness (QED) is 0.375. The molecule has 1 fully saturated rings. The van der Waals surface area contributed by atoms with Crippen molar-refractivity contribution < 1.29 is 13.2 Å². The molecule has 1 unspecified atom stereocenters. The lowest BCUT2D eigenvalue weighted by molar-refractivity contribution is -0.143. The van der Waals surface area contributed by atoms with Gasteiger partial charge in [0.2, 0.25) is 0 Å². The minimum atomic E-state index is -4.15. The first kappa shape index (κ1) is 21.2. The summed E-state index contributed by atoms with van der Waals surface area (Å²) in [4.78, 5) is 5.95. The third-order valence-corrected chi connectivity index (χ3v) is 4.43. The second kappa shape index (κ2) is 9.20. The van der Waals surface area contributed by atoms with Crippen molar-refractivity contribution in [1.82, 2.24) is 30.3 Å². The van der Waals surface area contributed by atoms with Crippen LogP contribution in [-0.4, -0.2) is 64.0 Å². The average Bonchev–Trinajstić information content (AvgIpc) is 3.21. The maximum absolute atomic E-state index is 12.5. The van der Waals surface area contributed by atoms with Crippen LogP contribution in [0.25, 0.3) is 0 Å². The monoisotopic (exact) mass is 487 g/mol. The molecule has 0 saturated carbocycles. The van der Waals surface area contributed by atoms with E-state index in [4.69, 9.17) is 0 Å². The molecule has 2 N–H and O–H groups in total. The SMILES string of the molecule is CCNC(=NCc1nnc2n1CCC2)NC1CCN(CC(F)(F)F)C1.I. The minimum absolute atomic E-state index is 0. The largest absolute Gasteiger partial charge is 0.401 e. The van der Waals surface area contributed by atoms with Gasteiger partial charge >= 0.3 is 6.18 Å². The summed E-state index contributed by atoms with van der Waals surface area (Å²) in [6.45, 7) is 3.91. The van der Waals surface area contributed by atoms with Crippen LogP contribution in [0.4, 0.5) is 13.2 Å². The van der Waals surface area contributed by atoms with Gasteiger partial charge in [0.25, 0.3) is 0 Å².